The Balaban J connectivity index is 1.46. The van der Waals surface area contributed by atoms with Crippen LogP contribution in [-0.2, 0) is 0 Å². The third-order valence-electron chi connectivity index (χ3n) is 4.43. The van der Waals surface area contributed by atoms with E-state index in [-0.39, 0.29) is 11.9 Å². The SMILES string of the molecule is Cc1cn2cc(C(=O)N[C@H]3CCCN(c4ncccn4)C3)ccc2n1. The number of fused-ring (bicyclic) bond motifs is 1. The summed E-state index contributed by atoms with van der Waals surface area (Å²) in [6.45, 7) is 3.58. The standard InChI is InChI=1S/C18H20N6O/c1-13-10-24-11-14(5-6-16(24)21-13)17(25)22-15-4-2-9-23(12-15)18-19-7-3-8-20-18/h3,5-8,10-11,15H,2,4,9,12H2,1H3,(H,22,25)/t15-/m0/s1. The maximum absolute atomic E-state index is 12.6. The first-order chi connectivity index (χ1) is 12.2. The van der Waals surface area contributed by atoms with E-state index in [0.29, 0.717) is 5.56 Å². The highest BCUT2D eigenvalue weighted by molar-refractivity contribution is 5.94. The van der Waals surface area contributed by atoms with Crippen LogP contribution in [-0.4, -0.2) is 44.4 Å². The highest BCUT2D eigenvalue weighted by Crippen LogP contribution is 2.16. The fourth-order valence-electron chi connectivity index (χ4n) is 3.25. The number of nitrogens with zero attached hydrogens (tertiary/aromatic N) is 5. The second-order valence-electron chi connectivity index (χ2n) is 6.37. The van der Waals surface area contributed by atoms with E-state index >= 15 is 0 Å². The average Bonchev–Trinajstić information content (AvgIpc) is 3.02. The summed E-state index contributed by atoms with van der Waals surface area (Å²) in [7, 11) is 0. The predicted molar refractivity (Wildman–Crippen MR) is 94.7 cm³/mol. The molecule has 7 heteroatoms. The molecular formula is C18H20N6O. The molecule has 7 nitrogen and oxygen atoms in total. The van der Waals surface area contributed by atoms with Crippen molar-refractivity contribution in [2.24, 2.45) is 0 Å². The molecule has 1 aliphatic rings. The molecular weight excluding hydrogens is 316 g/mol. The molecule has 3 aromatic rings. The molecule has 0 unspecified atom stereocenters. The third kappa shape index (κ3) is 3.31. The van der Waals surface area contributed by atoms with Gasteiger partial charge in [0.05, 0.1) is 11.3 Å². The van der Waals surface area contributed by atoms with Gasteiger partial charge in [0, 0.05) is 43.9 Å². The Labute approximate surface area is 145 Å². The third-order valence-corrected chi connectivity index (χ3v) is 4.43. The Bertz CT molecular complexity index is 891. The summed E-state index contributed by atoms with van der Waals surface area (Å²) in [6, 6.07) is 5.58. The Kier molecular flexibility index (Phi) is 4.05. The van der Waals surface area contributed by atoms with Gasteiger partial charge in [0.15, 0.2) is 0 Å². The number of nitrogens with one attached hydrogen (secondary N) is 1. The minimum absolute atomic E-state index is 0.0610. The molecule has 4 rings (SSSR count). The quantitative estimate of drug-likeness (QED) is 0.790. The summed E-state index contributed by atoms with van der Waals surface area (Å²) in [5.41, 5.74) is 2.42. The molecule has 1 aliphatic heterocycles. The van der Waals surface area contributed by atoms with E-state index in [1.54, 1.807) is 18.5 Å². The number of hydrogen-bond acceptors (Lipinski definition) is 5. The van der Waals surface area contributed by atoms with E-state index in [9.17, 15) is 4.79 Å². The summed E-state index contributed by atoms with van der Waals surface area (Å²) in [5.74, 6) is 0.658. The van der Waals surface area contributed by atoms with E-state index in [2.05, 4.69) is 25.2 Å². The smallest absolute Gasteiger partial charge is 0.253 e. The molecule has 128 valence electrons. The van der Waals surface area contributed by atoms with E-state index in [1.807, 2.05) is 35.9 Å². The number of hydrogen-bond donors (Lipinski definition) is 1. The maximum Gasteiger partial charge on any atom is 0.253 e. The van der Waals surface area contributed by atoms with Crippen LogP contribution in [0.1, 0.15) is 28.9 Å². The molecule has 0 radical (unpaired) electrons. The van der Waals surface area contributed by atoms with Crippen LogP contribution in [0.4, 0.5) is 5.95 Å². The molecule has 3 aromatic heterocycles. The molecule has 0 aromatic carbocycles. The summed E-state index contributed by atoms with van der Waals surface area (Å²) in [6.07, 6.45) is 9.19. The number of piperidine rings is 1. The second kappa shape index (κ2) is 6.51. The lowest BCUT2D eigenvalue weighted by atomic mass is 10.1. The van der Waals surface area contributed by atoms with Gasteiger partial charge in [-0.1, -0.05) is 0 Å². The highest BCUT2D eigenvalue weighted by Gasteiger charge is 2.23. The number of rotatable bonds is 3. The van der Waals surface area contributed by atoms with Crippen molar-refractivity contribution in [1.82, 2.24) is 24.7 Å². The second-order valence-corrected chi connectivity index (χ2v) is 6.37. The Morgan fingerprint density at radius 1 is 1.24 bits per heavy atom. The van der Waals surface area contributed by atoms with Crippen LogP contribution in [0.25, 0.3) is 5.65 Å². The van der Waals surface area contributed by atoms with Crippen molar-refractivity contribution in [3.8, 4) is 0 Å². The van der Waals surface area contributed by atoms with Crippen LogP contribution in [0.15, 0.2) is 43.0 Å². The van der Waals surface area contributed by atoms with Crippen molar-refractivity contribution in [1.29, 1.82) is 0 Å². The van der Waals surface area contributed by atoms with E-state index in [0.717, 1.165) is 43.2 Å². The summed E-state index contributed by atoms with van der Waals surface area (Å²) in [4.78, 5) is 27.7. The number of imidazole rings is 1. The van der Waals surface area contributed by atoms with Crippen molar-refractivity contribution < 1.29 is 4.79 Å². The number of aryl methyl sites for hydroxylation is 1. The van der Waals surface area contributed by atoms with Crippen LogP contribution in [0.3, 0.4) is 0 Å². The van der Waals surface area contributed by atoms with E-state index < -0.39 is 0 Å². The first kappa shape index (κ1) is 15.6. The van der Waals surface area contributed by atoms with Crippen molar-refractivity contribution in [3.63, 3.8) is 0 Å². The molecule has 0 aliphatic carbocycles. The lowest BCUT2D eigenvalue weighted by Crippen LogP contribution is -2.48. The molecule has 0 spiro atoms. The number of amides is 1. The first-order valence-electron chi connectivity index (χ1n) is 8.47. The van der Waals surface area contributed by atoms with Crippen LogP contribution < -0.4 is 10.2 Å². The largest absolute Gasteiger partial charge is 0.347 e. The zero-order valence-electron chi connectivity index (χ0n) is 14.1. The topological polar surface area (TPSA) is 75.4 Å². The number of carbonyl (C=O) groups excluding carboxylic acids is 1. The van der Waals surface area contributed by atoms with Gasteiger partial charge >= 0.3 is 0 Å². The molecule has 25 heavy (non-hydrogen) atoms. The van der Waals surface area contributed by atoms with Gasteiger partial charge in [0.1, 0.15) is 5.65 Å². The van der Waals surface area contributed by atoms with E-state index in [1.165, 1.54) is 0 Å². The van der Waals surface area contributed by atoms with Crippen LogP contribution >= 0.6 is 0 Å². The summed E-state index contributed by atoms with van der Waals surface area (Å²) < 4.78 is 1.88. The van der Waals surface area contributed by atoms with E-state index in [4.69, 9.17) is 0 Å². The van der Waals surface area contributed by atoms with Crippen molar-refractivity contribution >= 4 is 17.5 Å². The molecule has 1 amide bonds. The lowest BCUT2D eigenvalue weighted by Gasteiger charge is -2.33. The number of aromatic nitrogens is 4. The lowest BCUT2D eigenvalue weighted by molar-refractivity contribution is 0.0932. The zero-order valence-corrected chi connectivity index (χ0v) is 14.1. The van der Waals surface area contributed by atoms with Gasteiger partial charge in [-0.3, -0.25) is 4.79 Å². The summed E-state index contributed by atoms with van der Waals surface area (Å²) >= 11 is 0. The first-order valence-corrected chi connectivity index (χ1v) is 8.47. The minimum Gasteiger partial charge on any atom is -0.347 e. The minimum atomic E-state index is -0.0610. The van der Waals surface area contributed by atoms with Gasteiger partial charge in [-0.25, -0.2) is 15.0 Å². The Morgan fingerprint density at radius 3 is 2.92 bits per heavy atom. The number of carbonyl (C=O) groups is 1. The molecule has 0 saturated carbocycles. The molecule has 1 saturated heterocycles. The fourth-order valence-corrected chi connectivity index (χ4v) is 3.25. The van der Waals surface area contributed by atoms with Gasteiger partial charge in [0.25, 0.3) is 5.91 Å². The fraction of sp³-hybridized carbons (Fsp3) is 0.333. The predicted octanol–water partition coefficient (Wildman–Crippen LogP) is 1.83. The molecule has 0 bridgehead atoms. The van der Waals surface area contributed by atoms with Gasteiger partial charge in [-0.2, -0.15) is 0 Å². The molecule has 4 heterocycles. The average molecular weight is 336 g/mol. The zero-order chi connectivity index (χ0) is 17.2. The summed E-state index contributed by atoms with van der Waals surface area (Å²) in [5, 5.41) is 3.14. The van der Waals surface area contributed by atoms with Gasteiger partial charge in [0.2, 0.25) is 5.95 Å². The number of pyridine rings is 1. The monoisotopic (exact) mass is 336 g/mol. The van der Waals surface area contributed by atoms with Gasteiger partial charge < -0.3 is 14.6 Å². The molecule has 1 atom stereocenters. The van der Waals surface area contributed by atoms with Crippen LogP contribution in [0, 0.1) is 6.92 Å². The maximum atomic E-state index is 12.6. The normalized spacial score (nSPS) is 17.6. The van der Waals surface area contributed by atoms with Crippen LogP contribution in [0.5, 0.6) is 0 Å². The van der Waals surface area contributed by atoms with Gasteiger partial charge in [-0.05, 0) is 38.0 Å². The Hall–Kier alpha value is -2.96. The molecule has 1 N–H and O–H groups in total. The number of anilines is 1. The van der Waals surface area contributed by atoms with Crippen molar-refractivity contribution in [2.75, 3.05) is 18.0 Å². The molecule has 1 fully saturated rings. The highest BCUT2D eigenvalue weighted by atomic mass is 16.1. The Morgan fingerprint density at radius 2 is 2.08 bits per heavy atom. The van der Waals surface area contributed by atoms with Crippen molar-refractivity contribution in [2.45, 2.75) is 25.8 Å². The van der Waals surface area contributed by atoms with Gasteiger partial charge in [-0.15, -0.1) is 0 Å². The van der Waals surface area contributed by atoms with Crippen molar-refractivity contribution in [3.05, 3.63) is 54.2 Å². The van der Waals surface area contributed by atoms with Crippen LogP contribution in [0.2, 0.25) is 0 Å².